The predicted octanol–water partition coefficient (Wildman–Crippen LogP) is 7.70. The van der Waals surface area contributed by atoms with E-state index in [1.165, 1.54) is 11.8 Å². The lowest BCUT2D eigenvalue weighted by Gasteiger charge is -2.42. The zero-order valence-corrected chi connectivity index (χ0v) is 21.1. The SMILES string of the molecule is CCC(Sc1ccccc1O)C(=O)c1ccc(O[Si](C(C)C)(C(C)C)C(C)C)cc1. The molecule has 0 amide bonds. The zero-order chi connectivity index (χ0) is 22.5. The van der Waals surface area contributed by atoms with Gasteiger partial charge in [-0.25, -0.2) is 0 Å². The largest absolute Gasteiger partial charge is 0.543 e. The second kappa shape index (κ2) is 10.5. The number of ketones is 1. The lowest BCUT2D eigenvalue weighted by atomic mass is 10.1. The Kier molecular flexibility index (Phi) is 8.62. The van der Waals surface area contributed by atoms with Crippen molar-refractivity contribution in [3.63, 3.8) is 0 Å². The third-order valence-corrected chi connectivity index (χ3v) is 13.4. The van der Waals surface area contributed by atoms with Gasteiger partial charge in [0.1, 0.15) is 11.5 Å². The molecule has 0 aliphatic rings. The minimum absolute atomic E-state index is 0.0809. The van der Waals surface area contributed by atoms with Crippen molar-refractivity contribution >= 4 is 25.9 Å². The van der Waals surface area contributed by atoms with Gasteiger partial charge in [0.25, 0.3) is 8.32 Å². The third-order valence-electron chi connectivity index (χ3n) is 5.94. The van der Waals surface area contributed by atoms with Crippen molar-refractivity contribution in [2.75, 3.05) is 0 Å². The Morgan fingerprint density at radius 1 is 0.933 bits per heavy atom. The number of carbonyl (C=O) groups excluding carboxylic acids is 1. The summed E-state index contributed by atoms with van der Waals surface area (Å²) < 4.78 is 6.71. The molecule has 0 heterocycles. The molecule has 1 atom stereocenters. The fourth-order valence-corrected chi connectivity index (χ4v) is 10.8. The van der Waals surface area contributed by atoms with Gasteiger partial charge in [0.05, 0.1) is 5.25 Å². The lowest BCUT2D eigenvalue weighted by molar-refractivity contribution is 0.0988. The van der Waals surface area contributed by atoms with Crippen molar-refractivity contribution in [2.45, 2.75) is 81.7 Å². The summed E-state index contributed by atoms with van der Waals surface area (Å²) >= 11 is 1.42. The summed E-state index contributed by atoms with van der Waals surface area (Å²) in [5, 5.41) is 9.81. The van der Waals surface area contributed by atoms with E-state index in [9.17, 15) is 9.90 Å². The molecule has 5 heteroatoms. The van der Waals surface area contributed by atoms with Crippen LogP contribution in [0.3, 0.4) is 0 Å². The Hall–Kier alpha value is -1.72. The van der Waals surface area contributed by atoms with E-state index in [0.717, 1.165) is 10.6 Å². The summed E-state index contributed by atoms with van der Waals surface area (Å²) in [5.41, 5.74) is 2.18. The van der Waals surface area contributed by atoms with Crippen molar-refractivity contribution in [1.82, 2.24) is 0 Å². The Morgan fingerprint density at radius 2 is 1.47 bits per heavy atom. The molecule has 2 rings (SSSR count). The molecule has 2 aromatic carbocycles. The van der Waals surface area contributed by atoms with Crippen molar-refractivity contribution in [3.8, 4) is 11.5 Å². The van der Waals surface area contributed by atoms with Gasteiger partial charge in [-0.3, -0.25) is 4.79 Å². The number of thioether (sulfide) groups is 1. The number of phenols is 1. The molecule has 164 valence electrons. The van der Waals surface area contributed by atoms with Crippen molar-refractivity contribution in [1.29, 1.82) is 0 Å². The molecular formula is C25H36O3SSi. The second-order valence-electron chi connectivity index (χ2n) is 8.79. The highest BCUT2D eigenvalue weighted by Gasteiger charge is 2.46. The number of rotatable bonds is 10. The molecule has 0 spiro atoms. The first kappa shape index (κ1) is 24.5. The van der Waals surface area contributed by atoms with Gasteiger partial charge in [0.15, 0.2) is 5.78 Å². The summed E-state index contributed by atoms with van der Waals surface area (Å²) in [7, 11) is -2.02. The molecule has 0 aromatic heterocycles. The first-order valence-electron chi connectivity index (χ1n) is 10.9. The predicted molar refractivity (Wildman–Crippen MR) is 130 cm³/mol. The molecule has 0 bridgehead atoms. The number of aromatic hydroxyl groups is 1. The molecule has 1 unspecified atom stereocenters. The molecule has 0 aliphatic heterocycles. The standard InChI is InChI=1S/C25H36O3SSi/c1-8-23(29-24-12-10-9-11-22(24)26)25(27)20-13-15-21(16-14-20)28-30(17(2)3,18(4)5)19(6)7/h9-19,23,26H,8H2,1-7H3. The number of Topliss-reactive ketones (excluding diaryl/α,β-unsaturated/α-hetero) is 1. The van der Waals surface area contributed by atoms with Crippen LogP contribution in [-0.2, 0) is 0 Å². The minimum atomic E-state index is -2.02. The maximum atomic E-state index is 13.1. The van der Waals surface area contributed by atoms with Crippen LogP contribution in [0.2, 0.25) is 16.6 Å². The summed E-state index contributed by atoms with van der Waals surface area (Å²) in [5.74, 6) is 1.16. The molecule has 0 aliphatic carbocycles. The van der Waals surface area contributed by atoms with Crippen LogP contribution in [0.15, 0.2) is 53.4 Å². The number of phenolic OH excluding ortho intramolecular Hbond substituents is 1. The third kappa shape index (κ3) is 5.30. The number of hydrogen-bond donors (Lipinski definition) is 1. The lowest BCUT2D eigenvalue weighted by Crippen LogP contribution is -2.50. The molecule has 3 nitrogen and oxygen atoms in total. The number of para-hydroxylation sites is 1. The maximum absolute atomic E-state index is 13.1. The van der Waals surface area contributed by atoms with Crippen molar-refractivity contribution < 1.29 is 14.3 Å². The minimum Gasteiger partial charge on any atom is -0.543 e. The van der Waals surface area contributed by atoms with Crippen LogP contribution in [-0.4, -0.2) is 24.5 Å². The average Bonchev–Trinajstić information content (AvgIpc) is 2.70. The van der Waals surface area contributed by atoms with E-state index in [-0.39, 0.29) is 16.8 Å². The van der Waals surface area contributed by atoms with Gasteiger partial charge in [-0.1, -0.05) is 60.6 Å². The van der Waals surface area contributed by atoms with Gasteiger partial charge in [0, 0.05) is 10.5 Å². The Labute approximate surface area is 187 Å². The van der Waals surface area contributed by atoms with E-state index in [4.69, 9.17) is 4.43 Å². The number of hydrogen-bond acceptors (Lipinski definition) is 4. The highest BCUT2D eigenvalue weighted by atomic mass is 32.2. The van der Waals surface area contributed by atoms with E-state index in [1.54, 1.807) is 12.1 Å². The molecule has 1 N–H and O–H groups in total. The summed E-state index contributed by atoms with van der Waals surface area (Å²) in [6.45, 7) is 15.6. The van der Waals surface area contributed by atoms with Crippen molar-refractivity contribution in [2.24, 2.45) is 0 Å². The van der Waals surface area contributed by atoms with Crippen molar-refractivity contribution in [3.05, 3.63) is 54.1 Å². The van der Waals surface area contributed by atoms with Gasteiger partial charge in [-0.05, 0) is 59.4 Å². The smallest absolute Gasteiger partial charge is 0.258 e. The topological polar surface area (TPSA) is 46.5 Å². The van der Waals surface area contributed by atoms with Crippen LogP contribution in [0.1, 0.15) is 65.2 Å². The first-order chi connectivity index (χ1) is 14.1. The maximum Gasteiger partial charge on any atom is 0.258 e. The van der Waals surface area contributed by atoms with E-state index < -0.39 is 8.32 Å². The number of benzene rings is 2. The fraction of sp³-hybridized carbons (Fsp3) is 0.480. The van der Waals surface area contributed by atoms with Crippen LogP contribution in [0.4, 0.5) is 0 Å². The van der Waals surface area contributed by atoms with Crippen LogP contribution in [0.5, 0.6) is 11.5 Å². The number of carbonyl (C=O) groups is 1. The van der Waals surface area contributed by atoms with Gasteiger partial charge in [-0.2, -0.15) is 0 Å². The van der Waals surface area contributed by atoms with Gasteiger partial charge >= 0.3 is 0 Å². The molecule has 0 saturated heterocycles. The first-order valence-corrected chi connectivity index (χ1v) is 13.9. The van der Waals surface area contributed by atoms with E-state index in [1.807, 2.05) is 43.3 Å². The summed E-state index contributed by atoms with van der Waals surface area (Å²) in [6, 6.07) is 14.8. The summed E-state index contributed by atoms with van der Waals surface area (Å²) in [6.07, 6.45) is 0.695. The monoisotopic (exact) mass is 444 g/mol. The zero-order valence-electron chi connectivity index (χ0n) is 19.3. The average molecular weight is 445 g/mol. The van der Waals surface area contributed by atoms with E-state index in [2.05, 4.69) is 41.5 Å². The molecule has 30 heavy (non-hydrogen) atoms. The van der Waals surface area contributed by atoms with Crippen LogP contribution < -0.4 is 4.43 Å². The molecule has 0 saturated carbocycles. The van der Waals surface area contributed by atoms with E-state index in [0.29, 0.717) is 28.6 Å². The van der Waals surface area contributed by atoms with E-state index >= 15 is 0 Å². The van der Waals surface area contributed by atoms with Crippen LogP contribution >= 0.6 is 11.8 Å². The highest BCUT2D eigenvalue weighted by Crippen LogP contribution is 2.43. The Bertz CT molecular complexity index is 809. The summed E-state index contributed by atoms with van der Waals surface area (Å²) in [4.78, 5) is 13.8. The molecule has 2 aromatic rings. The van der Waals surface area contributed by atoms with Crippen LogP contribution in [0.25, 0.3) is 0 Å². The van der Waals surface area contributed by atoms with Gasteiger partial charge in [-0.15, -0.1) is 11.8 Å². The van der Waals surface area contributed by atoms with Gasteiger partial charge < -0.3 is 9.53 Å². The quantitative estimate of drug-likeness (QED) is 0.232. The highest BCUT2D eigenvalue weighted by molar-refractivity contribution is 8.00. The normalized spacial score (nSPS) is 13.1. The Balaban J connectivity index is 2.21. The molecular weight excluding hydrogens is 408 g/mol. The second-order valence-corrected chi connectivity index (χ2v) is 15.4. The van der Waals surface area contributed by atoms with Gasteiger partial charge in [0.2, 0.25) is 0 Å². The molecule has 0 fully saturated rings. The molecule has 0 radical (unpaired) electrons. The fourth-order valence-electron chi connectivity index (χ4n) is 4.46. The Morgan fingerprint density at radius 3 is 1.93 bits per heavy atom. The van der Waals surface area contributed by atoms with Crippen LogP contribution in [0, 0.1) is 0 Å².